The lowest BCUT2D eigenvalue weighted by Crippen LogP contribution is -2.12. The maximum Gasteiger partial charge on any atom is 0.227 e. The molecular formula is C19H14ClN5O2S. The van der Waals surface area contributed by atoms with Crippen molar-refractivity contribution in [3.8, 4) is 22.6 Å². The Hall–Kier alpha value is -3.10. The molecule has 3 heterocycles. The molecule has 0 unspecified atom stereocenters. The van der Waals surface area contributed by atoms with E-state index in [-0.39, 0.29) is 12.3 Å². The Labute approximate surface area is 169 Å². The van der Waals surface area contributed by atoms with Crippen molar-refractivity contribution in [2.45, 2.75) is 12.8 Å². The highest BCUT2D eigenvalue weighted by molar-refractivity contribution is 7.14. The number of rotatable bonds is 6. The number of thiazole rings is 1. The van der Waals surface area contributed by atoms with Crippen LogP contribution < -0.4 is 5.32 Å². The van der Waals surface area contributed by atoms with Crippen LogP contribution in [0.2, 0.25) is 5.02 Å². The molecule has 9 heteroatoms. The van der Waals surface area contributed by atoms with Crippen LogP contribution in [0, 0.1) is 0 Å². The first-order valence-corrected chi connectivity index (χ1v) is 9.68. The molecule has 0 atom stereocenters. The zero-order valence-corrected chi connectivity index (χ0v) is 16.1. The van der Waals surface area contributed by atoms with E-state index in [1.807, 2.05) is 29.6 Å². The Morgan fingerprint density at radius 1 is 1.18 bits per heavy atom. The van der Waals surface area contributed by atoms with Crippen LogP contribution in [0.4, 0.5) is 5.13 Å². The van der Waals surface area contributed by atoms with Gasteiger partial charge in [0.1, 0.15) is 0 Å². The van der Waals surface area contributed by atoms with Crippen molar-refractivity contribution in [1.82, 2.24) is 20.1 Å². The molecule has 0 saturated carbocycles. The standard InChI is InChI=1S/C19H14ClN5O2S/c20-14-6-2-1-5-13(14)15-11-28-19(22-15)23-16(26)7-8-17-24-18(25-27-17)12-4-3-9-21-10-12/h1-6,9-11H,7-8H2,(H,22,23,26). The molecule has 140 valence electrons. The Kier molecular flexibility index (Phi) is 5.41. The lowest BCUT2D eigenvalue weighted by atomic mass is 10.2. The van der Waals surface area contributed by atoms with Crippen molar-refractivity contribution in [2.75, 3.05) is 5.32 Å². The summed E-state index contributed by atoms with van der Waals surface area (Å²) in [6.07, 6.45) is 3.86. The van der Waals surface area contributed by atoms with Crippen molar-refractivity contribution in [2.24, 2.45) is 0 Å². The molecule has 0 spiro atoms. The number of carbonyl (C=O) groups excluding carboxylic acids is 1. The predicted octanol–water partition coefficient (Wildman–Crippen LogP) is 4.48. The predicted molar refractivity (Wildman–Crippen MR) is 107 cm³/mol. The van der Waals surface area contributed by atoms with Crippen LogP contribution in [0.3, 0.4) is 0 Å². The highest BCUT2D eigenvalue weighted by Gasteiger charge is 2.13. The Bertz CT molecular complexity index is 1100. The molecule has 1 N–H and O–H groups in total. The summed E-state index contributed by atoms with van der Waals surface area (Å²) in [7, 11) is 0. The number of amides is 1. The van der Waals surface area contributed by atoms with Crippen LogP contribution in [0.25, 0.3) is 22.6 Å². The average Bonchev–Trinajstić information content (AvgIpc) is 3.37. The summed E-state index contributed by atoms with van der Waals surface area (Å²) in [5.41, 5.74) is 2.32. The molecule has 7 nitrogen and oxygen atoms in total. The Morgan fingerprint density at radius 2 is 2.07 bits per heavy atom. The fraction of sp³-hybridized carbons (Fsp3) is 0.105. The number of aryl methyl sites for hydroxylation is 1. The van der Waals surface area contributed by atoms with Crippen LogP contribution in [0.5, 0.6) is 0 Å². The molecule has 0 aliphatic carbocycles. The van der Waals surface area contributed by atoms with Crippen molar-refractivity contribution < 1.29 is 9.32 Å². The number of benzene rings is 1. The highest BCUT2D eigenvalue weighted by Crippen LogP contribution is 2.30. The normalized spacial score (nSPS) is 10.8. The van der Waals surface area contributed by atoms with E-state index in [0.717, 1.165) is 16.8 Å². The summed E-state index contributed by atoms with van der Waals surface area (Å²) >= 11 is 7.53. The number of pyridine rings is 1. The Balaban J connectivity index is 1.34. The van der Waals surface area contributed by atoms with Crippen molar-refractivity contribution in [3.63, 3.8) is 0 Å². The summed E-state index contributed by atoms with van der Waals surface area (Å²) < 4.78 is 5.20. The molecule has 0 radical (unpaired) electrons. The molecule has 0 aliphatic rings. The first kappa shape index (κ1) is 18.3. The lowest BCUT2D eigenvalue weighted by Gasteiger charge is -2.00. The van der Waals surface area contributed by atoms with Gasteiger partial charge in [0.15, 0.2) is 5.13 Å². The van der Waals surface area contributed by atoms with Gasteiger partial charge in [0, 0.05) is 46.8 Å². The van der Waals surface area contributed by atoms with Gasteiger partial charge in [-0.3, -0.25) is 9.78 Å². The maximum atomic E-state index is 12.2. The van der Waals surface area contributed by atoms with Gasteiger partial charge >= 0.3 is 0 Å². The highest BCUT2D eigenvalue weighted by atomic mass is 35.5. The zero-order chi connectivity index (χ0) is 19.3. The lowest BCUT2D eigenvalue weighted by molar-refractivity contribution is -0.116. The van der Waals surface area contributed by atoms with Crippen LogP contribution in [0.15, 0.2) is 58.7 Å². The average molecular weight is 412 g/mol. The van der Waals surface area contributed by atoms with Crippen LogP contribution in [0.1, 0.15) is 12.3 Å². The van der Waals surface area contributed by atoms with E-state index >= 15 is 0 Å². The third kappa shape index (κ3) is 4.24. The first-order chi connectivity index (χ1) is 13.7. The second kappa shape index (κ2) is 8.28. The second-order valence-corrected chi connectivity index (χ2v) is 7.08. The molecule has 0 aliphatic heterocycles. The van der Waals surface area contributed by atoms with Crippen molar-refractivity contribution in [3.05, 3.63) is 65.1 Å². The SMILES string of the molecule is O=C(CCc1nc(-c2cccnc2)no1)Nc1nc(-c2ccccc2Cl)cs1. The van der Waals surface area contributed by atoms with E-state index in [4.69, 9.17) is 16.1 Å². The third-order valence-electron chi connectivity index (χ3n) is 3.85. The summed E-state index contributed by atoms with van der Waals surface area (Å²) in [6, 6.07) is 11.1. The first-order valence-electron chi connectivity index (χ1n) is 8.42. The molecule has 3 aromatic heterocycles. The van der Waals surface area contributed by atoms with Gasteiger partial charge in [-0.25, -0.2) is 4.98 Å². The minimum atomic E-state index is -0.179. The topological polar surface area (TPSA) is 93.8 Å². The maximum absolute atomic E-state index is 12.2. The summed E-state index contributed by atoms with van der Waals surface area (Å²) in [5.74, 6) is 0.666. The van der Waals surface area contributed by atoms with Gasteiger partial charge in [-0.05, 0) is 18.2 Å². The smallest absolute Gasteiger partial charge is 0.227 e. The molecule has 0 saturated heterocycles. The molecule has 1 amide bonds. The molecule has 4 rings (SSSR count). The number of nitrogens with one attached hydrogen (secondary N) is 1. The van der Waals surface area contributed by atoms with Gasteiger partial charge in [0.25, 0.3) is 0 Å². The van der Waals surface area contributed by atoms with Crippen LogP contribution >= 0.6 is 22.9 Å². The molecule has 0 fully saturated rings. The zero-order valence-electron chi connectivity index (χ0n) is 14.5. The van der Waals surface area contributed by atoms with Gasteiger partial charge in [-0.1, -0.05) is 35.0 Å². The molecular weight excluding hydrogens is 398 g/mol. The summed E-state index contributed by atoms with van der Waals surface area (Å²) in [6.45, 7) is 0. The van der Waals surface area contributed by atoms with E-state index in [9.17, 15) is 4.79 Å². The van der Waals surface area contributed by atoms with Gasteiger partial charge in [0.2, 0.25) is 17.6 Å². The van der Waals surface area contributed by atoms with E-state index in [0.29, 0.717) is 28.3 Å². The second-order valence-electron chi connectivity index (χ2n) is 5.82. The van der Waals surface area contributed by atoms with Gasteiger partial charge in [0.05, 0.1) is 5.69 Å². The van der Waals surface area contributed by atoms with E-state index in [1.165, 1.54) is 11.3 Å². The largest absolute Gasteiger partial charge is 0.339 e. The van der Waals surface area contributed by atoms with Gasteiger partial charge in [-0.15, -0.1) is 11.3 Å². The number of hydrogen-bond donors (Lipinski definition) is 1. The number of aromatic nitrogens is 4. The number of anilines is 1. The van der Waals surface area contributed by atoms with Crippen LogP contribution in [-0.4, -0.2) is 26.0 Å². The number of carbonyl (C=O) groups is 1. The minimum absolute atomic E-state index is 0.179. The number of nitrogens with zero attached hydrogens (tertiary/aromatic N) is 4. The van der Waals surface area contributed by atoms with Crippen molar-refractivity contribution in [1.29, 1.82) is 0 Å². The minimum Gasteiger partial charge on any atom is -0.339 e. The monoisotopic (exact) mass is 411 g/mol. The molecule has 28 heavy (non-hydrogen) atoms. The fourth-order valence-corrected chi connectivity index (χ4v) is 3.45. The third-order valence-corrected chi connectivity index (χ3v) is 4.94. The fourth-order valence-electron chi connectivity index (χ4n) is 2.49. The Morgan fingerprint density at radius 3 is 2.89 bits per heavy atom. The van der Waals surface area contributed by atoms with E-state index in [1.54, 1.807) is 24.5 Å². The molecule has 0 bridgehead atoms. The number of hydrogen-bond acceptors (Lipinski definition) is 7. The van der Waals surface area contributed by atoms with Gasteiger partial charge in [-0.2, -0.15) is 4.98 Å². The number of halogens is 1. The van der Waals surface area contributed by atoms with Crippen LogP contribution in [-0.2, 0) is 11.2 Å². The summed E-state index contributed by atoms with van der Waals surface area (Å²) in [4.78, 5) is 24.9. The van der Waals surface area contributed by atoms with E-state index < -0.39 is 0 Å². The summed E-state index contributed by atoms with van der Waals surface area (Å²) in [5, 5.41) is 9.69. The molecule has 4 aromatic rings. The van der Waals surface area contributed by atoms with E-state index in [2.05, 4.69) is 25.4 Å². The molecule has 1 aromatic carbocycles. The van der Waals surface area contributed by atoms with Crippen molar-refractivity contribution >= 4 is 34.0 Å². The van der Waals surface area contributed by atoms with Gasteiger partial charge < -0.3 is 9.84 Å². The quantitative estimate of drug-likeness (QED) is 0.502.